The Balaban J connectivity index is 1.71. The molecule has 1 aromatic rings. The number of aliphatic hydroxyl groups is 6. The van der Waals surface area contributed by atoms with E-state index >= 15 is 0 Å². The Morgan fingerprint density at radius 1 is 0.753 bits per heavy atom. The number of amides is 8. The Morgan fingerprint density at radius 3 is 1.96 bits per heavy atom. The van der Waals surface area contributed by atoms with Crippen molar-refractivity contribution in [1.82, 2.24) is 41.7 Å². The molecule has 3 heterocycles. The van der Waals surface area contributed by atoms with Crippen molar-refractivity contribution in [1.29, 1.82) is 0 Å². The van der Waals surface area contributed by atoms with E-state index in [1.807, 2.05) is 0 Å². The summed E-state index contributed by atoms with van der Waals surface area (Å²) in [6, 6.07) is -7.52. The van der Waals surface area contributed by atoms with Crippen molar-refractivity contribution in [3.05, 3.63) is 23.8 Å². The summed E-state index contributed by atoms with van der Waals surface area (Å²) in [6.07, 6.45) is 0.582. The Kier molecular flexibility index (Phi) is 30.3. The minimum atomic E-state index is -2.14. The molecule has 0 radical (unpaired) electrons. The van der Waals surface area contributed by atoms with E-state index in [2.05, 4.69) is 48.2 Å². The van der Waals surface area contributed by atoms with Crippen molar-refractivity contribution < 1.29 is 97.7 Å². The van der Waals surface area contributed by atoms with Crippen LogP contribution in [0.4, 0.5) is 4.79 Å². The van der Waals surface area contributed by atoms with E-state index < -0.39 is 176 Å². The summed E-state index contributed by atoms with van der Waals surface area (Å²) in [5, 5.41) is 106. The number of alkyl carbamates (subject to hydrolysis) is 1. The molecule has 14 N–H and O–H groups in total. The maximum atomic E-state index is 14.9. The number of β-amino-alcohol motifs (C(OH)–C–C–N with tert-alkyl or cyclic N) is 1. The van der Waals surface area contributed by atoms with Gasteiger partial charge in [0.1, 0.15) is 41.9 Å². The highest BCUT2D eigenvalue weighted by molar-refractivity contribution is 7.90. The summed E-state index contributed by atoms with van der Waals surface area (Å²) < 4.78 is 14.6. The Bertz CT molecular complexity index is 2330. The minimum absolute atomic E-state index is 0.0134. The average Bonchev–Trinajstić information content (AvgIpc) is 2.98. The van der Waals surface area contributed by atoms with Gasteiger partial charge in [0, 0.05) is 57.8 Å². The fraction of sp³-hybridized carbons (Fsp3) is 0.750. The lowest BCUT2D eigenvalue weighted by molar-refractivity contribution is -0.433. The van der Waals surface area contributed by atoms with Crippen LogP contribution in [-0.4, -0.2) is 203 Å². The van der Waals surface area contributed by atoms with Gasteiger partial charge in [0.25, 0.3) is 12.3 Å². The van der Waals surface area contributed by atoms with Gasteiger partial charge in [-0.2, -0.15) is 0 Å². The number of fused-ring (bicyclic) bond motifs is 2. The zero-order valence-electron chi connectivity index (χ0n) is 49.6. The first-order valence-corrected chi connectivity index (χ1v) is 30.2. The molecular formula is C56H92N8O20S. The third kappa shape index (κ3) is 23.5. The number of phenolic OH excluding ortho intramolecular Hbond substituents is 1. The quantitative estimate of drug-likeness (QED) is 0.0250. The first kappa shape index (κ1) is 71.8. The van der Waals surface area contributed by atoms with Crippen LogP contribution < -0.4 is 36.1 Å². The van der Waals surface area contributed by atoms with E-state index in [1.54, 1.807) is 20.8 Å². The molecule has 1 aromatic carbocycles. The molecule has 0 aromatic heterocycles. The molecule has 3 fully saturated rings. The van der Waals surface area contributed by atoms with Gasteiger partial charge >= 0.3 is 6.09 Å². The normalized spacial score (nSPS) is 25.9. The molecule has 3 aliphatic rings. The van der Waals surface area contributed by atoms with Crippen LogP contribution in [0.5, 0.6) is 11.5 Å². The Hall–Kier alpha value is -5.63. The molecule has 8 amide bonds. The lowest BCUT2D eigenvalue weighted by Crippen LogP contribution is -2.64. The van der Waals surface area contributed by atoms with Crippen LogP contribution in [0.3, 0.4) is 0 Å². The second-order valence-electron chi connectivity index (χ2n) is 23.4. The molecule has 3 saturated heterocycles. The molecule has 0 unspecified atom stereocenters. The van der Waals surface area contributed by atoms with Gasteiger partial charge in [0.2, 0.25) is 41.4 Å². The molecule has 4 rings (SSSR count). The molecule has 3 aliphatic heterocycles. The SMILES string of the molecule is CCCCCCCCCCCCCCCC(=O)N[C@H]1C[C@H](O)CNC(=O)[C@@H]2[C@@H](O)[C@H](C)CN2C(=O)[C@H]([C@H](O)CCNC(=O)OC(C)(C)C)NC(=O)[C@H]([C@H](O)Cc2ccc(O)c(OSOOO)c2)NC(=O)[C@@H]2C[C@H](O)CN2C(=O)[C@H]([C@H](C)O)NC1=O. The Labute approximate surface area is 500 Å². The van der Waals surface area contributed by atoms with Crippen LogP contribution in [0.2, 0.25) is 0 Å². The number of ether oxygens (including phenoxy) is 1. The van der Waals surface area contributed by atoms with Gasteiger partial charge in [0.05, 0.1) is 36.6 Å². The fourth-order valence-corrected chi connectivity index (χ4v) is 10.7. The second-order valence-corrected chi connectivity index (χ2v) is 23.8. The van der Waals surface area contributed by atoms with Crippen LogP contribution in [0.25, 0.3) is 0 Å². The number of carbonyl (C=O) groups excluding carboxylic acids is 8. The van der Waals surface area contributed by atoms with Crippen molar-refractivity contribution in [2.75, 3.05) is 26.2 Å². The predicted octanol–water partition coefficient (Wildman–Crippen LogP) is 0.786. The first-order valence-electron chi connectivity index (χ1n) is 29.5. The summed E-state index contributed by atoms with van der Waals surface area (Å²) in [4.78, 5) is 115. The number of phenols is 1. The first-order chi connectivity index (χ1) is 40.3. The maximum absolute atomic E-state index is 14.9. The zero-order chi connectivity index (χ0) is 63.0. The van der Waals surface area contributed by atoms with E-state index in [4.69, 9.17) is 14.2 Å². The smallest absolute Gasteiger partial charge is 0.407 e. The summed E-state index contributed by atoms with van der Waals surface area (Å²) >= 11 is 0.0763. The predicted molar refractivity (Wildman–Crippen MR) is 306 cm³/mol. The number of aliphatic hydroxyl groups excluding tert-OH is 6. The molecule has 482 valence electrons. The summed E-state index contributed by atoms with van der Waals surface area (Å²) in [6.45, 7) is 7.79. The van der Waals surface area contributed by atoms with Crippen molar-refractivity contribution in [2.24, 2.45) is 5.92 Å². The summed E-state index contributed by atoms with van der Waals surface area (Å²) in [7, 11) is 0. The van der Waals surface area contributed by atoms with Gasteiger partial charge in [-0.1, -0.05) is 106 Å². The van der Waals surface area contributed by atoms with E-state index in [9.17, 15) is 74.1 Å². The number of nitrogens with one attached hydrogen (secondary N) is 6. The number of aromatic hydroxyl groups is 1. The van der Waals surface area contributed by atoms with Crippen LogP contribution in [0.15, 0.2) is 18.2 Å². The van der Waals surface area contributed by atoms with E-state index in [-0.39, 0.29) is 43.1 Å². The van der Waals surface area contributed by atoms with Crippen LogP contribution in [0.1, 0.15) is 156 Å². The van der Waals surface area contributed by atoms with Crippen molar-refractivity contribution >= 4 is 59.8 Å². The van der Waals surface area contributed by atoms with Gasteiger partial charge in [-0.05, 0) is 58.2 Å². The summed E-state index contributed by atoms with van der Waals surface area (Å²) in [5.41, 5.74) is -0.813. The van der Waals surface area contributed by atoms with Crippen molar-refractivity contribution in [3.8, 4) is 11.5 Å². The number of hydrogen-bond donors (Lipinski definition) is 14. The van der Waals surface area contributed by atoms with Gasteiger partial charge < -0.3 is 86.4 Å². The largest absolute Gasteiger partial charge is 0.504 e. The van der Waals surface area contributed by atoms with Crippen LogP contribution in [-0.2, 0) is 54.1 Å². The lowest BCUT2D eigenvalue weighted by Gasteiger charge is -2.34. The highest BCUT2D eigenvalue weighted by atomic mass is 32.2. The van der Waals surface area contributed by atoms with Gasteiger partial charge in [-0.15, -0.1) is 0 Å². The maximum Gasteiger partial charge on any atom is 0.407 e. The highest BCUT2D eigenvalue weighted by Gasteiger charge is 2.50. The van der Waals surface area contributed by atoms with Crippen LogP contribution in [0, 0.1) is 5.92 Å². The Morgan fingerprint density at radius 2 is 1.35 bits per heavy atom. The molecule has 0 spiro atoms. The van der Waals surface area contributed by atoms with Crippen LogP contribution >= 0.6 is 12.3 Å². The number of carbonyl (C=O) groups is 8. The average molecular weight is 1230 g/mol. The third-order valence-electron chi connectivity index (χ3n) is 15.0. The van der Waals surface area contributed by atoms with Gasteiger partial charge in [-0.3, -0.25) is 33.6 Å². The fourth-order valence-electron chi connectivity index (χ4n) is 10.5. The summed E-state index contributed by atoms with van der Waals surface area (Å²) in [5.74, 6) is -9.06. The lowest BCUT2D eigenvalue weighted by atomic mass is 9.98. The molecule has 28 nitrogen and oxygen atoms in total. The number of unbranched alkanes of at least 4 members (excludes halogenated alkanes) is 12. The monoisotopic (exact) mass is 1230 g/mol. The standard InChI is InChI=1S/C56H92N8O20S/c1-7-8-9-10-11-12-13-14-15-16-17-18-19-20-43(71)59-37-27-35(66)29-58-52(76)47-48(72)32(2)30-64(47)54(78)46(40(69)23-24-57-55(79)81-56(4,5)6)62-51(75)45(41(70)25-34-21-22-39(68)42(26-34)82-85-84-83-80)61-50(74)38-28-36(67)31-63(38)53(77)44(33(3)65)60-49(37)73/h21-22,26,32-33,35-38,40-41,44-48,65-70,72,80H,7-20,23-25,27-31H2,1-6H3,(H,57,79)(H,58,76)(H,59,71)(H,60,73)(H,61,74)(H,62,75)/t32-,33+,35+,36+,37+,38+,40-,41-,44+,45+,46+,47+,48+/m1/s1. The zero-order valence-corrected chi connectivity index (χ0v) is 50.4. The number of hydrogen-bond acceptors (Lipinski definition) is 21. The van der Waals surface area contributed by atoms with Crippen molar-refractivity contribution in [3.63, 3.8) is 0 Å². The van der Waals surface area contributed by atoms with E-state index in [1.165, 1.54) is 64.0 Å². The topological polar surface area (TPSA) is 414 Å². The minimum Gasteiger partial charge on any atom is -0.504 e. The number of rotatable bonds is 27. The second kappa shape index (κ2) is 35.9. The molecule has 0 saturated carbocycles. The van der Waals surface area contributed by atoms with E-state index in [0.29, 0.717) is 6.42 Å². The molecule has 13 atom stereocenters. The molecule has 85 heavy (non-hydrogen) atoms. The number of nitrogens with zero attached hydrogens (tertiary/aromatic N) is 2. The molecular weight excluding hydrogens is 1140 g/mol. The third-order valence-corrected chi connectivity index (χ3v) is 15.4. The number of benzene rings is 1. The van der Waals surface area contributed by atoms with E-state index in [0.717, 1.165) is 54.9 Å². The molecule has 0 bridgehead atoms. The molecule has 29 heteroatoms. The highest BCUT2D eigenvalue weighted by Crippen LogP contribution is 2.31. The van der Waals surface area contributed by atoms with Gasteiger partial charge in [0.15, 0.2) is 11.5 Å². The van der Waals surface area contributed by atoms with Crippen molar-refractivity contribution in [2.45, 2.75) is 236 Å². The molecule has 0 aliphatic carbocycles. The van der Waals surface area contributed by atoms with Gasteiger partial charge in [-0.25, -0.2) is 10.1 Å².